The van der Waals surface area contributed by atoms with Gasteiger partial charge >= 0.3 is 6.18 Å². The van der Waals surface area contributed by atoms with Crippen LogP contribution in [0.4, 0.5) is 17.6 Å². The quantitative estimate of drug-likeness (QED) is 0.156. The van der Waals surface area contributed by atoms with Gasteiger partial charge in [0.1, 0.15) is 17.3 Å². The van der Waals surface area contributed by atoms with Crippen LogP contribution < -0.4 is 0 Å². The molecule has 0 aliphatic heterocycles. The molecule has 0 radical (unpaired) electrons. The van der Waals surface area contributed by atoms with Crippen molar-refractivity contribution in [1.82, 2.24) is 19.9 Å². The lowest BCUT2D eigenvalue weighted by molar-refractivity contribution is -0.141. The summed E-state index contributed by atoms with van der Waals surface area (Å²) in [5.41, 5.74) is 7.51. The molecule has 336 valence electrons. The minimum atomic E-state index is -4.34. The molecule has 62 heavy (non-hydrogen) atoms. The maximum atomic E-state index is 12.4. The molecule has 3 aromatic carbocycles. The molecular formula is C53H69ClF4N4. The van der Waals surface area contributed by atoms with Crippen LogP contribution in [0.15, 0.2) is 128 Å². The van der Waals surface area contributed by atoms with Crippen molar-refractivity contribution >= 4 is 11.6 Å². The molecule has 4 nitrogen and oxygen atoms in total. The summed E-state index contributed by atoms with van der Waals surface area (Å²) in [4.78, 5) is 15.7. The number of hydrogen-bond acceptors (Lipinski definition) is 4. The summed E-state index contributed by atoms with van der Waals surface area (Å²) >= 11 is 5.72. The molecule has 6 aromatic rings. The minimum Gasteiger partial charge on any atom is -0.261 e. The van der Waals surface area contributed by atoms with Crippen LogP contribution in [-0.2, 0) is 6.18 Å². The van der Waals surface area contributed by atoms with Crippen molar-refractivity contribution in [2.45, 2.75) is 139 Å². The number of aryl methyl sites for hydroxylation is 2. The first kappa shape index (κ1) is 55.1. The average molecular weight is 874 g/mol. The van der Waals surface area contributed by atoms with Gasteiger partial charge in [-0.05, 0) is 119 Å². The first-order chi connectivity index (χ1) is 29.0. The minimum absolute atomic E-state index is 0.163. The van der Waals surface area contributed by atoms with Crippen molar-refractivity contribution in [2.24, 2.45) is 0 Å². The normalized spacial score (nSPS) is 10.7. The predicted octanol–water partition coefficient (Wildman–Crippen LogP) is 16.9. The lowest BCUT2D eigenvalue weighted by Gasteiger charge is -2.07. The van der Waals surface area contributed by atoms with E-state index in [4.69, 9.17) is 11.6 Å². The number of alkyl halides is 3. The standard InChI is InChI=1S/C9H11Cl.C9H10F3N.C9H11F.C9H13N.C9H12.C8H12N2/c1-7(2)8-3-5-9(10)6-4-8;1-6(2)7-3-4-8(13-5-7)9(10,11)12;1-7(2)8-3-5-9(10)6-4-8;1-7(2)9-5-4-8(3)10-6-9;1-8(2)9-6-4-3-5-7-9;1-6(2)8-4-9-7(3)10-5-8/h3-7H,1-2H3;3-6H,1-2H3;3-7H,1-2H3;4-7H,1-3H3;3-8H,1-2H3;4-6H,1-3H3. The molecule has 0 unspecified atom stereocenters. The first-order valence-electron chi connectivity index (χ1n) is 21.3. The van der Waals surface area contributed by atoms with Crippen molar-refractivity contribution in [3.8, 4) is 0 Å². The smallest absolute Gasteiger partial charge is 0.261 e. The molecule has 0 N–H and O–H groups in total. The summed E-state index contributed by atoms with van der Waals surface area (Å²) in [7, 11) is 0. The van der Waals surface area contributed by atoms with Gasteiger partial charge in [-0.15, -0.1) is 0 Å². The number of halogens is 5. The summed E-state index contributed by atoms with van der Waals surface area (Å²) in [5.74, 6) is 3.74. The highest BCUT2D eigenvalue weighted by Crippen LogP contribution is 2.28. The Bertz CT molecular complexity index is 1830. The van der Waals surface area contributed by atoms with Gasteiger partial charge in [-0.1, -0.05) is 161 Å². The Labute approximate surface area is 375 Å². The number of pyridine rings is 2. The van der Waals surface area contributed by atoms with Crippen LogP contribution in [0.5, 0.6) is 0 Å². The lowest BCUT2D eigenvalue weighted by atomic mass is 10.0. The Kier molecular flexibility index (Phi) is 25.4. The third kappa shape index (κ3) is 23.3. The number of aromatic nitrogens is 4. The molecule has 3 heterocycles. The molecule has 0 saturated carbocycles. The second-order valence-electron chi connectivity index (χ2n) is 16.7. The van der Waals surface area contributed by atoms with Crippen LogP contribution in [0, 0.1) is 19.7 Å². The third-order valence-corrected chi connectivity index (χ3v) is 9.60. The number of rotatable bonds is 6. The summed E-state index contributed by atoms with van der Waals surface area (Å²) in [6, 6.07) is 31.8. The second-order valence-corrected chi connectivity index (χ2v) is 17.1. The highest BCUT2D eigenvalue weighted by atomic mass is 35.5. The number of nitrogens with zero attached hydrogens (tertiary/aromatic N) is 4. The van der Waals surface area contributed by atoms with Gasteiger partial charge in [0.05, 0.1) is 0 Å². The van der Waals surface area contributed by atoms with Crippen LogP contribution in [-0.4, -0.2) is 19.9 Å². The molecule has 0 aliphatic rings. The topological polar surface area (TPSA) is 51.6 Å². The van der Waals surface area contributed by atoms with Crippen molar-refractivity contribution in [3.05, 3.63) is 189 Å². The summed E-state index contributed by atoms with van der Waals surface area (Å²) in [5, 5.41) is 0.810. The van der Waals surface area contributed by atoms with E-state index < -0.39 is 11.9 Å². The second kappa shape index (κ2) is 28.6. The van der Waals surface area contributed by atoms with Gasteiger partial charge in [0.15, 0.2) is 0 Å². The fourth-order valence-corrected chi connectivity index (χ4v) is 5.10. The van der Waals surface area contributed by atoms with E-state index in [1.165, 1.54) is 52.2 Å². The summed E-state index contributed by atoms with van der Waals surface area (Å²) in [6.07, 6.45) is 2.64. The molecule has 0 bridgehead atoms. The zero-order valence-corrected chi connectivity index (χ0v) is 40.0. The number of benzene rings is 3. The maximum Gasteiger partial charge on any atom is 0.433 e. The molecule has 3 aromatic heterocycles. The molecule has 0 saturated heterocycles. The van der Waals surface area contributed by atoms with Gasteiger partial charge in [0.2, 0.25) is 0 Å². The third-order valence-electron chi connectivity index (χ3n) is 9.35. The van der Waals surface area contributed by atoms with Crippen LogP contribution in [0.1, 0.15) is 169 Å². The van der Waals surface area contributed by atoms with E-state index in [0.29, 0.717) is 29.6 Å². The largest absolute Gasteiger partial charge is 0.433 e. The average Bonchev–Trinajstić information content (AvgIpc) is 3.23. The Morgan fingerprint density at radius 3 is 1.10 bits per heavy atom. The predicted molar refractivity (Wildman–Crippen MR) is 254 cm³/mol. The highest BCUT2D eigenvalue weighted by Gasteiger charge is 2.32. The van der Waals surface area contributed by atoms with Crippen LogP contribution in [0.2, 0.25) is 5.02 Å². The van der Waals surface area contributed by atoms with Gasteiger partial charge in [0.25, 0.3) is 0 Å². The van der Waals surface area contributed by atoms with Crippen molar-refractivity contribution in [3.63, 3.8) is 0 Å². The first-order valence-corrected chi connectivity index (χ1v) is 21.7. The van der Waals surface area contributed by atoms with Gasteiger partial charge in [-0.2, -0.15) is 13.2 Å². The molecule has 0 atom stereocenters. The van der Waals surface area contributed by atoms with E-state index in [1.54, 1.807) is 0 Å². The Hall–Kier alpha value is -4.95. The Balaban J connectivity index is 0.000000373. The van der Waals surface area contributed by atoms with Crippen LogP contribution in [0.3, 0.4) is 0 Å². The van der Waals surface area contributed by atoms with E-state index in [-0.39, 0.29) is 11.7 Å². The van der Waals surface area contributed by atoms with Crippen LogP contribution in [0.25, 0.3) is 0 Å². The summed E-state index contributed by atoms with van der Waals surface area (Å²) < 4.78 is 48.5. The molecule has 0 aliphatic carbocycles. The van der Waals surface area contributed by atoms with Crippen molar-refractivity contribution < 1.29 is 17.6 Å². The van der Waals surface area contributed by atoms with E-state index >= 15 is 0 Å². The molecule has 6 rings (SSSR count). The SMILES string of the molecule is CC(C)c1ccc(C(F)(F)F)nc1.CC(C)c1ccc(Cl)cc1.CC(C)c1ccc(F)cc1.CC(C)c1ccccc1.Cc1ccc(C(C)C)cn1.Cc1ncc(C(C)C)cn1. The summed E-state index contributed by atoms with van der Waals surface area (Å²) in [6.45, 7) is 29.3. The molecule has 0 fully saturated rings. The zero-order valence-electron chi connectivity index (χ0n) is 39.3. The van der Waals surface area contributed by atoms with E-state index in [0.717, 1.165) is 28.2 Å². The zero-order chi connectivity index (χ0) is 47.0. The lowest BCUT2D eigenvalue weighted by Crippen LogP contribution is -2.07. The van der Waals surface area contributed by atoms with E-state index in [1.807, 2.05) is 76.6 Å². The Morgan fingerprint density at radius 1 is 0.403 bits per heavy atom. The molecule has 9 heteroatoms. The fourth-order valence-electron chi connectivity index (χ4n) is 4.97. The van der Waals surface area contributed by atoms with Gasteiger partial charge in [-0.25, -0.2) is 14.4 Å². The van der Waals surface area contributed by atoms with E-state index in [2.05, 4.69) is 138 Å². The highest BCUT2D eigenvalue weighted by molar-refractivity contribution is 6.30. The Morgan fingerprint density at radius 2 is 0.758 bits per heavy atom. The number of hydrogen-bond donors (Lipinski definition) is 0. The maximum absolute atomic E-state index is 12.4. The molecule has 0 spiro atoms. The molecule has 0 amide bonds. The van der Waals surface area contributed by atoms with Crippen molar-refractivity contribution in [1.29, 1.82) is 0 Å². The van der Waals surface area contributed by atoms with Gasteiger partial charge in [-0.3, -0.25) is 9.97 Å². The van der Waals surface area contributed by atoms with E-state index in [9.17, 15) is 17.6 Å². The van der Waals surface area contributed by atoms with Gasteiger partial charge in [0, 0.05) is 35.5 Å². The van der Waals surface area contributed by atoms with Crippen molar-refractivity contribution in [2.75, 3.05) is 0 Å². The monoisotopic (exact) mass is 873 g/mol. The van der Waals surface area contributed by atoms with Crippen LogP contribution >= 0.6 is 11.6 Å². The fraction of sp³-hybridized carbons (Fsp3) is 0.396. The molecular weight excluding hydrogens is 804 g/mol. The van der Waals surface area contributed by atoms with Gasteiger partial charge < -0.3 is 0 Å².